The summed E-state index contributed by atoms with van der Waals surface area (Å²) in [6.45, 7) is 1.53. The summed E-state index contributed by atoms with van der Waals surface area (Å²) < 4.78 is 44.4. The number of phenolic OH excluding ortho intramolecular Hbond substituents is 1. The molecule has 0 saturated heterocycles. The SMILES string of the molecule is CCCCC(CNCC#N)c1ccc2c(c1)ncn2-c1cc(O)c(C(=O)NCC(F)(F)F)c(OC)c1. The predicted molar refractivity (Wildman–Crippen MR) is 128 cm³/mol. The Bertz CT molecular complexity index is 1250. The van der Waals surface area contributed by atoms with Crippen LogP contribution in [0.15, 0.2) is 36.7 Å². The zero-order valence-electron chi connectivity index (χ0n) is 20.0. The third kappa shape index (κ3) is 6.46. The number of rotatable bonds is 11. The molecule has 1 aromatic heterocycles. The second-order valence-corrected chi connectivity index (χ2v) is 8.33. The van der Waals surface area contributed by atoms with E-state index in [2.05, 4.69) is 23.3 Å². The van der Waals surface area contributed by atoms with Crippen LogP contribution in [0.2, 0.25) is 0 Å². The van der Waals surface area contributed by atoms with E-state index in [4.69, 9.17) is 10.00 Å². The van der Waals surface area contributed by atoms with Gasteiger partial charge in [-0.2, -0.15) is 18.4 Å². The number of halogens is 3. The largest absolute Gasteiger partial charge is 0.507 e. The molecule has 0 saturated carbocycles. The van der Waals surface area contributed by atoms with E-state index in [1.807, 2.05) is 18.2 Å². The number of methoxy groups -OCH3 is 1. The summed E-state index contributed by atoms with van der Waals surface area (Å²) in [5.41, 5.74) is 2.56. The van der Waals surface area contributed by atoms with Crippen molar-refractivity contribution < 1.29 is 27.8 Å². The molecule has 1 amide bonds. The number of aromatic nitrogens is 2. The highest BCUT2D eigenvalue weighted by Gasteiger charge is 2.29. The van der Waals surface area contributed by atoms with Crippen LogP contribution in [0.3, 0.4) is 0 Å². The number of nitriles is 1. The average Bonchev–Trinajstić information content (AvgIpc) is 3.27. The van der Waals surface area contributed by atoms with Gasteiger partial charge in [-0.3, -0.25) is 9.36 Å². The Hall–Kier alpha value is -3.78. The van der Waals surface area contributed by atoms with E-state index < -0.39 is 24.4 Å². The maximum absolute atomic E-state index is 12.5. The Morgan fingerprint density at radius 1 is 1.31 bits per heavy atom. The number of fused-ring (bicyclic) bond motifs is 1. The van der Waals surface area contributed by atoms with Crippen LogP contribution in [0.25, 0.3) is 16.7 Å². The molecule has 0 aliphatic heterocycles. The van der Waals surface area contributed by atoms with Crippen LogP contribution in [-0.4, -0.2) is 53.5 Å². The van der Waals surface area contributed by atoms with Crippen LogP contribution >= 0.6 is 0 Å². The van der Waals surface area contributed by atoms with Crippen molar-refractivity contribution in [1.29, 1.82) is 5.26 Å². The number of ether oxygens (including phenoxy) is 1. The molecule has 2 aromatic carbocycles. The van der Waals surface area contributed by atoms with Gasteiger partial charge in [-0.05, 0) is 30.0 Å². The Labute approximate surface area is 206 Å². The first-order valence-corrected chi connectivity index (χ1v) is 11.5. The van der Waals surface area contributed by atoms with E-state index in [-0.39, 0.29) is 23.8 Å². The van der Waals surface area contributed by atoms with Gasteiger partial charge in [0.15, 0.2) is 0 Å². The number of hydrogen-bond donors (Lipinski definition) is 3. The lowest BCUT2D eigenvalue weighted by atomic mass is 9.93. The van der Waals surface area contributed by atoms with E-state index in [0.717, 1.165) is 30.3 Å². The molecule has 0 radical (unpaired) electrons. The van der Waals surface area contributed by atoms with Gasteiger partial charge in [0, 0.05) is 18.7 Å². The van der Waals surface area contributed by atoms with E-state index in [1.165, 1.54) is 19.2 Å². The number of carbonyl (C=O) groups excluding carboxylic acids is 1. The normalized spacial score (nSPS) is 12.3. The number of carbonyl (C=O) groups is 1. The second kappa shape index (κ2) is 11.8. The molecule has 3 aromatic rings. The predicted octanol–water partition coefficient (Wildman–Crippen LogP) is 4.42. The minimum atomic E-state index is -4.59. The van der Waals surface area contributed by atoms with Crippen molar-refractivity contribution in [2.45, 2.75) is 38.3 Å². The summed E-state index contributed by atoms with van der Waals surface area (Å²) in [6.07, 6.45) is 0.0357. The van der Waals surface area contributed by atoms with Crippen LogP contribution in [0.1, 0.15) is 48.0 Å². The maximum Gasteiger partial charge on any atom is 0.405 e. The molecule has 1 heterocycles. The summed E-state index contributed by atoms with van der Waals surface area (Å²) in [4.78, 5) is 16.8. The average molecular weight is 504 g/mol. The topological polar surface area (TPSA) is 112 Å². The minimum absolute atomic E-state index is 0.0775. The number of unbranched alkanes of at least 4 members (excludes halogenated alkanes) is 1. The summed E-state index contributed by atoms with van der Waals surface area (Å²) in [6, 6.07) is 10.7. The number of aromatic hydroxyl groups is 1. The maximum atomic E-state index is 12.5. The number of benzene rings is 2. The van der Waals surface area contributed by atoms with E-state index in [9.17, 15) is 23.1 Å². The first kappa shape index (κ1) is 26.8. The smallest absolute Gasteiger partial charge is 0.405 e. The highest BCUT2D eigenvalue weighted by Crippen LogP contribution is 2.33. The Morgan fingerprint density at radius 3 is 2.75 bits per heavy atom. The lowest BCUT2D eigenvalue weighted by Gasteiger charge is -2.17. The Balaban J connectivity index is 1.92. The molecule has 36 heavy (non-hydrogen) atoms. The molecular formula is C25H28F3N5O3. The van der Waals surface area contributed by atoms with Gasteiger partial charge in [0.2, 0.25) is 0 Å². The molecular weight excluding hydrogens is 475 g/mol. The van der Waals surface area contributed by atoms with Crippen molar-refractivity contribution in [3.05, 3.63) is 47.8 Å². The van der Waals surface area contributed by atoms with Crippen LogP contribution in [0.4, 0.5) is 13.2 Å². The lowest BCUT2D eigenvalue weighted by Crippen LogP contribution is -2.34. The van der Waals surface area contributed by atoms with E-state index in [1.54, 1.807) is 16.2 Å². The monoisotopic (exact) mass is 503 g/mol. The summed E-state index contributed by atoms with van der Waals surface area (Å²) in [5.74, 6) is -1.49. The molecule has 0 spiro atoms. The second-order valence-electron chi connectivity index (χ2n) is 8.33. The van der Waals surface area contributed by atoms with Gasteiger partial charge in [0.25, 0.3) is 5.91 Å². The number of phenols is 1. The number of nitrogens with one attached hydrogen (secondary N) is 2. The van der Waals surface area contributed by atoms with Crippen LogP contribution < -0.4 is 15.4 Å². The Kier molecular flexibility index (Phi) is 8.77. The van der Waals surface area contributed by atoms with Gasteiger partial charge in [-0.15, -0.1) is 0 Å². The fraction of sp³-hybridized carbons (Fsp3) is 0.400. The van der Waals surface area contributed by atoms with Crippen molar-refractivity contribution in [1.82, 2.24) is 20.2 Å². The first-order valence-electron chi connectivity index (χ1n) is 11.5. The highest BCUT2D eigenvalue weighted by atomic mass is 19.4. The van der Waals surface area contributed by atoms with Gasteiger partial charge in [-0.1, -0.05) is 25.8 Å². The molecule has 0 fully saturated rings. The van der Waals surface area contributed by atoms with Crippen molar-refractivity contribution in [2.24, 2.45) is 0 Å². The van der Waals surface area contributed by atoms with Gasteiger partial charge >= 0.3 is 6.18 Å². The summed E-state index contributed by atoms with van der Waals surface area (Å²) >= 11 is 0. The molecule has 8 nitrogen and oxygen atoms in total. The molecule has 0 aliphatic carbocycles. The third-order valence-electron chi connectivity index (χ3n) is 5.78. The number of imidazole rings is 1. The van der Waals surface area contributed by atoms with Crippen LogP contribution in [-0.2, 0) is 0 Å². The van der Waals surface area contributed by atoms with Crippen molar-refractivity contribution in [2.75, 3.05) is 26.7 Å². The summed E-state index contributed by atoms with van der Waals surface area (Å²) in [5, 5.41) is 24.2. The lowest BCUT2D eigenvalue weighted by molar-refractivity contribution is -0.123. The molecule has 192 valence electrons. The minimum Gasteiger partial charge on any atom is -0.507 e. The molecule has 0 aliphatic rings. The van der Waals surface area contributed by atoms with E-state index >= 15 is 0 Å². The van der Waals surface area contributed by atoms with Crippen molar-refractivity contribution in [3.8, 4) is 23.3 Å². The van der Waals surface area contributed by atoms with Crippen molar-refractivity contribution in [3.63, 3.8) is 0 Å². The van der Waals surface area contributed by atoms with Gasteiger partial charge in [0.05, 0.1) is 36.4 Å². The Morgan fingerprint density at radius 2 is 2.08 bits per heavy atom. The number of hydrogen-bond acceptors (Lipinski definition) is 6. The zero-order valence-corrected chi connectivity index (χ0v) is 20.0. The molecule has 3 N–H and O–H groups in total. The van der Waals surface area contributed by atoms with Crippen LogP contribution in [0.5, 0.6) is 11.5 Å². The van der Waals surface area contributed by atoms with E-state index in [0.29, 0.717) is 17.7 Å². The van der Waals surface area contributed by atoms with Gasteiger partial charge < -0.3 is 20.5 Å². The fourth-order valence-electron chi connectivity index (χ4n) is 4.01. The van der Waals surface area contributed by atoms with Gasteiger partial charge in [-0.25, -0.2) is 4.98 Å². The van der Waals surface area contributed by atoms with Crippen molar-refractivity contribution >= 4 is 16.9 Å². The number of alkyl halides is 3. The molecule has 1 unspecified atom stereocenters. The highest BCUT2D eigenvalue weighted by molar-refractivity contribution is 6.00. The molecule has 1 atom stereocenters. The molecule has 11 heteroatoms. The standard InChI is InChI=1S/C25H28F3N5O3/c1-3-4-5-17(13-30-9-8-29)16-6-7-20-19(10-16)32-15-33(20)18-11-21(34)23(22(12-18)36-2)24(35)31-14-25(26,27)28/h6-7,10-12,15,17,30,34H,3-5,9,13-14H2,1-2H3,(H,31,35). The molecule has 3 rings (SSSR count). The fourth-order valence-corrected chi connectivity index (χ4v) is 4.01. The number of amides is 1. The quantitative estimate of drug-likeness (QED) is 0.264. The van der Waals surface area contributed by atoms with Gasteiger partial charge in [0.1, 0.15) is 29.9 Å². The number of nitrogens with zero attached hydrogens (tertiary/aromatic N) is 3. The zero-order chi connectivity index (χ0) is 26.3. The first-order chi connectivity index (χ1) is 17.2. The summed E-state index contributed by atoms with van der Waals surface area (Å²) in [7, 11) is 1.26. The molecule has 0 bridgehead atoms. The third-order valence-corrected chi connectivity index (χ3v) is 5.78. The van der Waals surface area contributed by atoms with Crippen LogP contribution in [0, 0.1) is 11.3 Å².